The van der Waals surface area contributed by atoms with Crippen molar-refractivity contribution in [2.75, 3.05) is 13.2 Å². The molecular formula is C15H22N2O4. The highest BCUT2D eigenvalue weighted by atomic mass is 16.5. The zero-order valence-electron chi connectivity index (χ0n) is 12.6. The molecule has 2 N–H and O–H groups in total. The van der Waals surface area contributed by atoms with Crippen molar-refractivity contribution in [3.05, 3.63) is 23.9 Å². The number of carboxylic acid groups (broad SMARTS) is 1. The van der Waals surface area contributed by atoms with Gasteiger partial charge in [0.2, 0.25) is 5.88 Å². The van der Waals surface area contributed by atoms with E-state index in [0.717, 1.165) is 0 Å². The summed E-state index contributed by atoms with van der Waals surface area (Å²) in [6.07, 6.45) is 2.06. The van der Waals surface area contributed by atoms with Crippen molar-refractivity contribution < 1.29 is 19.4 Å². The van der Waals surface area contributed by atoms with Crippen LogP contribution in [0.5, 0.6) is 5.88 Å². The Morgan fingerprint density at radius 2 is 2.14 bits per heavy atom. The highest BCUT2D eigenvalue weighted by molar-refractivity contribution is 5.96. The topological polar surface area (TPSA) is 88.5 Å². The molecule has 0 bridgehead atoms. The van der Waals surface area contributed by atoms with Gasteiger partial charge in [0, 0.05) is 12.7 Å². The minimum absolute atomic E-state index is 0.0901. The summed E-state index contributed by atoms with van der Waals surface area (Å²) in [5.74, 6) is -1.36. The number of carbonyl (C=O) groups excluding carboxylic acids is 1. The van der Waals surface area contributed by atoms with Crippen LogP contribution in [0.3, 0.4) is 0 Å². The molecule has 1 aromatic heterocycles. The van der Waals surface area contributed by atoms with E-state index >= 15 is 0 Å². The molecule has 0 aliphatic heterocycles. The highest BCUT2D eigenvalue weighted by Crippen LogP contribution is 2.15. The molecule has 1 aromatic rings. The number of nitrogens with one attached hydrogen (secondary N) is 1. The van der Waals surface area contributed by atoms with Crippen LogP contribution in [-0.4, -0.2) is 35.1 Å². The second-order valence-corrected chi connectivity index (χ2v) is 5.16. The smallest absolute Gasteiger partial charge is 0.308 e. The van der Waals surface area contributed by atoms with Crippen LogP contribution in [0.15, 0.2) is 18.3 Å². The molecule has 1 atom stereocenters. The zero-order chi connectivity index (χ0) is 15.8. The van der Waals surface area contributed by atoms with Gasteiger partial charge in [-0.1, -0.05) is 13.8 Å². The molecule has 1 heterocycles. The van der Waals surface area contributed by atoms with E-state index in [2.05, 4.69) is 10.3 Å². The van der Waals surface area contributed by atoms with Crippen LogP contribution in [0.4, 0.5) is 0 Å². The first-order chi connectivity index (χ1) is 9.95. The monoisotopic (exact) mass is 294 g/mol. The van der Waals surface area contributed by atoms with Gasteiger partial charge in [-0.15, -0.1) is 0 Å². The summed E-state index contributed by atoms with van der Waals surface area (Å²) in [4.78, 5) is 27.3. The van der Waals surface area contributed by atoms with Crippen molar-refractivity contribution in [1.29, 1.82) is 0 Å². The van der Waals surface area contributed by atoms with Crippen LogP contribution in [-0.2, 0) is 4.79 Å². The Labute approximate surface area is 124 Å². The number of nitrogens with zero attached hydrogens (tertiary/aromatic N) is 1. The Morgan fingerprint density at radius 1 is 1.43 bits per heavy atom. The number of amides is 1. The molecule has 6 nitrogen and oxygen atoms in total. The number of carboxylic acids is 1. The third kappa shape index (κ3) is 5.41. The second kappa shape index (κ2) is 8.24. The summed E-state index contributed by atoms with van der Waals surface area (Å²) in [6, 6.07) is 3.24. The summed E-state index contributed by atoms with van der Waals surface area (Å²) >= 11 is 0. The van der Waals surface area contributed by atoms with E-state index in [1.807, 2.05) is 13.8 Å². The molecule has 0 spiro atoms. The van der Waals surface area contributed by atoms with E-state index in [-0.39, 0.29) is 24.2 Å². The Kier molecular flexibility index (Phi) is 6.65. The van der Waals surface area contributed by atoms with Crippen LogP contribution >= 0.6 is 0 Å². The van der Waals surface area contributed by atoms with Gasteiger partial charge in [-0.05, 0) is 31.4 Å². The molecule has 1 unspecified atom stereocenters. The van der Waals surface area contributed by atoms with Crippen LogP contribution in [0.2, 0.25) is 0 Å². The number of aromatic nitrogens is 1. The predicted molar refractivity (Wildman–Crippen MR) is 78.3 cm³/mol. The lowest BCUT2D eigenvalue weighted by molar-refractivity contribution is -0.142. The van der Waals surface area contributed by atoms with Crippen molar-refractivity contribution in [2.24, 2.45) is 11.8 Å². The number of hydrogen-bond acceptors (Lipinski definition) is 4. The number of carbonyl (C=O) groups is 2. The van der Waals surface area contributed by atoms with Gasteiger partial charge in [0.25, 0.3) is 5.91 Å². The number of ether oxygens (including phenoxy) is 1. The van der Waals surface area contributed by atoms with Crippen LogP contribution in [0.1, 0.15) is 37.6 Å². The van der Waals surface area contributed by atoms with Gasteiger partial charge in [0.1, 0.15) is 5.56 Å². The lowest BCUT2D eigenvalue weighted by Crippen LogP contribution is -2.34. The highest BCUT2D eigenvalue weighted by Gasteiger charge is 2.21. The molecule has 0 aromatic carbocycles. The fourth-order valence-electron chi connectivity index (χ4n) is 1.97. The third-order valence-corrected chi connectivity index (χ3v) is 2.91. The van der Waals surface area contributed by atoms with Crippen LogP contribution in [0.25, 0.3) is 0 Å². The predicted octanol–water partition coefficient (Wildman–Crippen LogP) is 1.96. The van der Waals surface area contributed by atoms with E-state index in [1.54, 1.807) is 25.3 Å². The maximum atomic E-state index is 12.1. The minimum Gasteiger partial charge on any atom is -0.481 e. The first-order valence-corrected chi connectivity index (χ1v) is 7.04. The van der Waals surface area contributed by atoms with Gasteiger partial charge in [-0.25, -0.2) is 4.98 Å². The molecule has 0 saturated heterocycles. The maximum absolute atomic E-state index is 12.1. The number of rotatable bonds is 8. The largest absolute Gasteiger partial charge is 0.481 e. The summed E-state index contributed by atoms with van der Waals surface area (Å²) in [5, 5.41) is 11.8. The van der Waals surface area contributed by atoms with Gasteiger partial charge in [-0.2, -0.15) is 0 Å². The lowest BCUT2D eigenvalue weighted by Gasteiger charge is -2.16. The van der Waals surface area contributed by atoms with Crippen molar-refractivity contribution in [3.63, 3.8) is 0 Å². The van der Waals surface area contributed by atoms with Gasteiger partial charge in [-0.3, -0.25) is 9.59 Å². The minimum atomic E-state index is -0.903. The SMILES string of the molecule is CCOc1ncccc1C(=O)NCC(CC(C)C)C(=O)O. The molecule has 0 saturated carbocycles. The number of pyridine rings is 1. The molecule has 116 valence electrons. The van der Waals surface area contributed by atoms with Crippen molar-refractivity contribution in [2.45, 2.75) is 27.2 Å². The van der Waals surface area contributed by atoms with Crippen LogP contribution in [0, 0.1) is 11.8 Å². The van der Waals surface area contributed by atoms with E-state index in [4.69, 9.17) is 9.84 Å². The average Bonchev–Trinajstić information content (AvgIpc) is 2.43. The normalized spacial score (nSPS) is 12.0. The number of hydrogen-bond donors (Lipinski definition) is 2. The Bertz CT molecular complexity index is 488. The molecule has 1 rings (SSSR count). The average molecular weight is 294 g/mol. The molecule has 0 aliphatic carbocycles. The van der Waals surface area contributed by atoms with Gasteiger partial charge in [0.15, 0.2) is 0 Å². The van der Waals surface area contributed by atoms with E-state index < -0.39 is 11.9 Å². The summed E-state index contributed by atoms with van der Waals surface area (Å²) in [6.45, 7) is 6.20. The molecule has 0 radical (unpaired) electrons. The van der Waals surface area contributed by atoms with E-state index in [9.17, 15) is 9.59 Å². The molecule has 0 aliphatic rings. The first-order valence-electron chi connectivity index (χ1n) is 7.04. The molecular weight excluding hydrogens is 272 g/mol. The van der Waals surface area contributed by atoms with E-state index in [1.165, 1.54) is 0 Å². The van der Waals surface area contributed by atoms with Gasteiger partial charge < -0.3 is 15.2 Å². The third-order valence-electron chi connectivity index (χ3n) is 2.91. The van der Waals surface area contributed by atoms with Crippen molar-refractivity contribution in [3.8, 4) is 5.88 Å². The molecule has 21 heavy (non-hydrogen) atoms. The van der Waals surface area contributed by atoms with Crippen molar-refractivity contribution in [1.82, 2.24) is 10.3 Å². The summed E-state index contributed by atoms with van der Waals surface area (Å²) in [5.41, 5.74) is 0.313. The lowest BCUT2D eigenvalue weighted by atomic mass is 9.97. The first kappa shape index (κ1) is 16.9. The zero-order valence-corrected chi connectivity index (χ0v) is 12.6. The number of aliphatic carboxylic acids is 1. The molecule has 0 fully saturated rings. The van der Waals surface area contributed by atoms with Crippen LogP contribution < -0.4 is 10.1 Å². The van der Waals surface area contributed by atoms with Gasteiger partial charge in [0.05, 0.1) is 12.5 Å². The fourth-order valence-corrected chi connectivity index (χ4v) is 1.97. The fraction of sp³-hybridized carbons (Fsp3) is 0.533. The Hall–Kier alpha value is -2.11. The summed E-state index contributed by atoms with van der Waals surface area (Å²) in [7, 11) is 0. The second-order valence-electron chi connectivity index (χ2n) is 5.16. The molecule has 6 heteroatoms. The summed E-state index contributed by atoms with van der Waals surface area (Å²) < 4.78 is 5.29. The Morgan fingerprint density at radius 3 is 2.71 bits per heavy atom. The Balaban J connectivity index is 2.70. The molecule has 1 amide bonds. The van der Waals surface area contributed by atoms with Gasteiger partial charge >= 0.3 is 5.97 Å². The quantitative estimate of drug-likeness (QED) is 0.765. The van der Waals surface area contributed by atoms with Crippen molar-refractivity contribution >= 4 is 11.9 Å². The standard InChI is InChI=1S/C15H22N2O4/c1-4-21-14-12(6-5-7-16-14)13(18)17-9-11(15(19)20)8-10(2)3/h5-7,10-11H,4,8-9H2,1-3H3,(H,17,18)(H,19,20). The maximum Gasteiger partial charge on any atom is 0.308 e. The van der Waals surface area contributed by atoms with E-state index in [0.29, 0.717) is 18.6 Å².